The zero-order valence-electron chi connectivity index (χ0n) is 41.0. The predicted molar refractivity (Wildman–Crippen MR) is 315 cm³/mol. The van der Waals surface area contributed by atoms with Gasteiger partial charge in [0.15, 0.2) is 0 Å². The highest BCUT2D eigenvalue weighted by Gasteiger charge is 2.22. The largest absolute Gasteiger partial charge is 0.309 e. The Hall–Kier alpha value is -9.37. The van der Waals surface area contributed by atoms with E-state index in [0.717, 1.165) is 34.9 Å². The summed E-state index contributed by atoms with van der Waals surface area (Å²) in [6, 6.07) is 84.2. The Balaban J connectivity index is 0.973. The second-order valence-electron chi connectivity index (χ2n) is 20.2. The molecule has 0 aliphatic heterocycles. The summed E-state index contributed by atoms with van der Waals surface area (Å²) >= 11 is 0. The molecule has 12 aromatic carbocycles. The van der Waals surface area contributed by atoms with Crippen LogP contribution in [0.2, 0.25) is 0 Å². The lowest BCUT2D eigenvalue weighted by atomic mass is 9.82. The van der Waals surface area contributed by atoms with E-state index in [2.05, 4.69) is 253 Å². The lowest BCUT2D eigenvalue weighted by Crippen LogP contribution is -1.97. The number of hydrogen-bond acceptors (Lipinski definition) is 1. The van der Waals surface area contributed by atoms with Crippen LogP contribution in [0.3, 0.4) is 0 Å². The van der Waals surface area contributed by atoms with Crippen molar-refractivity contribution in [2.75, 3.05) is 0 Å². The molecule has 0 atom stereocenters. The third-order valence-electron chi connectivity index (χ3n) is 16.0. The molecule has 2 aromatic heterocycles. The van der Waals surface area contributed by atoms with Crippen LogP contribution in [0.15, 0.2) is 243 Å². The van der Waals surface area contributed by atoms with E-state index < -0.39 is 0 Å². The Morgan fingerprint density at radius 1 is 0.378 bits per heavy atom. The smallest absolute Gasteiger partial charge is 0.0571 e. The summed E-state index contributed by atoms with van der Waals surface area (Å²) in [5.41, 5.74) is 19.7. The van der Waals surface area contributed by atoms with E-state index in [1.165, 1.54) is 132 Å². The number of pyridine rings is 1. The second-order valence-corrected chi connectivity index (χ2v) is 20.2. The molecule has 0 unspecified atom stereocenters. The minimum Gasteiger partial charge on any atom is -0.309 e. The molecule has 0 radical (unpaired) electrons. The Morgan fingerprint density at radius 2 is 1.01 bits per heavy atom. The molecule has 2 nitrogen and oxygen atoms in total. The molecule has 0 fully saturated rings. The Kier molecular flexibility index (Phi) is 9.65. The van der Waals surface area contributed by atoms with Crippen molar-refractivity contribution in [3.8, 4) is 61.3 Å². The second kappa shape index (κ2) is 16.9. The Morgan fingerprint density at radius 3 is 1.82 bits per heavy atom. The molecule has 74 heavy (non-hydrogen) atoms. The summed E-state index contributed by atoms with van der Waals surface area (Å²) in [7, 11) is 0. The average molecular weight is 941 g/mol. The molecule has 0 saturated carbocycles. The van der Waals surface area contributed by atoms with E-state index in [9.17, 15) is 0 Å². The maximum absolute atomic E-state index is 4.69. The van der Waals surface area contributed by atoms with Crippen molar-refractivity contribution in [1.82, 2.24) is 9.55 Å². The van der Waals surface area contributed by atoms with Crippen molar-refractivity contribution >= 4 is 81.7 Å². The van der Waals surface area contributed by atoms with Gasteiger partial charge in [-0.25, -0.2) is 0 Å². The third kappa shape index (κ3) is 6.83. The SMILES string of the molecule is Cc1cc2c(-c3ccc4c(c3)CCC=C4)c3ccccc3c(-c3ccc4ccccc4c3)c2cc1-c1cc(-c2ccc3c(c2)c2cnccc2n3-c2ccc(-c3ccccc3)cc2)c2cc3ccccc3cc2c1. The number of aromatic nitrogens is 2. The van der Waals surface area contributed by atoms with Gasteiger partial charge in [-0.05, 0) is 213 Å². The highest BCUT2D eigenvalue weighted by atomic mass is 15.0. The van der Waals surface area contributed by atoms with Gasteiger partial charge in [-0.3, -0.25) is 4.98 Å². The minimum absolute atomic E-state index is 1.06. The van der Waals surface area contributed by atoms with Crippen LogP contribution in [0.25, 0.3) is 143 Å². The Bertz CT molecular complexity index is 4650. The molecule has 346 valence electrons. The topological polar surface area (TPSA) is 17.8 Å². The highest BCUT2D eigenvalue weighted by Crippen LogP contribution is 2.48. The maximum Gasteiger partial charge on any atom is 0.0571 e. The molecule has 1 aliphatic rings. The van der Waals surface area contributed by atoms with Gasteiger partial charge < -0.3 is 4.57 Å². The minimum atomic E-state index is 1.06. The van der Waals surface area contributed by atoms with Gasteiger partial charge in [-0.1, -0.05) is 170 Å². The van der Waals surface area contributed by atoms with E-state index in [1.54, 1.807) is 0 Å². The molecular weight excluding hydrogens is 893 g/mol. The van der Waals surface area contributed by atoms with Crippen LogP contribution in [-0.2, 0) is 6.42 Å². The van der Waals surface area contributed by atoms with Crippen molar-refractivity contribution in [1.29, 1.82) is 0 Å². The van der Waals surface area contributed by atoms with Gasteiger partial charge in [0.25, 0.3) is 0 Å². The van der Waals surface area contributed by atoms with Crippen molar-refractivity contribution in [2.45, 2.75) is 19.8 Å². The summed E-state index contributed by atoms with van der Waals surface area (Å²) in [5, 5.41) is 14.8. The first kappa shape index (κ1) is 42.3. The number of benzene rings is 12. The lowest BCUT2D eigenvalue weighted by Gasteiger charge is -2.21. The lowest BCUT2D eigenvalue weighted by molar-refractivity contribution is 0.986. The molecule has 1 aliphatic carbocycles. The van der Waals surface area contributed by atoms with Gasteiger partial charge in [-0.15, -0.1) is 0 Å². The van der Waals surface area contributed by atoms with Crippen LogP contribution >= 0.6 is 0 Å². The van der Waals surface area contributed by atoms with Gasteiger partial charge in [0.05, 0.1) is 11.0 Å². The number of nitrogens with zero attached hydrogens (tertiary/aromatic N) is 2. The van der Waals surface area contributed by atoms with Gasteiger partial charge in [0, 0.05) is 28.9 Å². The average Bonchev–Trinajstić information content (AvgIpc) is 3.82. The molecule has 15 rings (SSSR count). The zero-order chi connectivity index (χ0) is 48.9. The number of allylic oxidation sites excluding steroid dienone is 1. The molecular formula is C72H48N2. The van der Waals surface area contributed by atoms with E-state index >= 15 is 0 Å². The van der Waals surface area contributed by atoms with Crippen molar-refractivity contribution < 1.29 is 0 Å². The van der Waals surface area contributed by atoms with Crippen molar-refractivity contribution in [3.05, 3.63) is 260 Å². The molecule has 0 spiro atoms. The summed E-state index contributed by atoms with van der Waals surface area (Å²) in [6.45, 7) is 2.31. The van der Waals surface area contributed by atoms with E-state index in [-0.39, 0.29) is 0 Å². The van der Waals surface area contributed by atoms with Gasteiger partial charge in [-0.2, -0.15) is 0 Å². The number of fused-ring (bicyclic) bond motifs is 9. The summed E-state index contributed by atoms with van der Waals surface area (Å²) < 4.78 is 2.39. The number of hydrogen-bond donors (Lipinski definition) is 0. The van der Waals surface area contributed by atoms with E-state index in [0.29, 0.717) is 0 Å². The van der Waals surface area contributed by atoms with Crippen LogP contribution in [-0.4, -0.2) is 9.55 Å². The van der Waals surface area contributed by atoms with Crippen molar-refractivity contribution in [3.63, 3.8) is 0 Å². The first-order valence-corrected chi connectivity index (χ1v) is 25.9. The fourth-order valence-corrected chi connectivity index (χ4v) is 12.4. The van der Waals surface area contributed by atoms with Crippen LogP contribution in [0.4, 0.5) is 0 Å². The molecule has 14 aromatic rings. The normalized spacial score (nSPS) is 12.5. The van der Waals surface area contributed by atoms with Crippen LogP contribution in [0, 0.1) is 6.92 Å². The fourth-order valence-electron chi connectivity index (χ4n) is 12.4. The molecule has 0 N–H and O–H groups in total. The maximum atomic E-state index is 4.69. The zero-order valence-corrected chi connectivity index (χ0v) is 41.0. The Labute approximate surface area is 429 Å². The molecule has 0 bridgehead atoms. The molecule has 2 heteroatoms. The van der Waals surface area contributed by atoms with Crippen molar-refractivity contribution in [2.24, 2.45) is 0 Å². The first-order chi connectivity index (χ1) is 36.6. The highest BCUT2D eigenvalue weighted by molar-refractivity contribution is 6.23. The monoisotopic (exact) mass is 940 g/mol. The summed E-state index contributed by atoms with van der Waals surface area (Å²) in [5.74, 6) is 0. The molecule has 0 amide bonds. The van der Waals surface area contributed by atoms with Gasteiger partial charge in [0.2, 0.25) is 0 Å². The predicted octanol–water partition coefficient (Wildman–Crippen LogP) is 19.5. The first-order valence-electron chi connectivity index (χ1n) is 25.9. The summed E-state index contributed by atoms with van der Waals surface area (Å²) in [6.07, 6.45) is 10.7. The van der Waals surface area contributed by atoms with Gasteiger partial charge >= 0.3 is 0 Å². The van der Waals surface area contributed by atoms with Gasteiger partial charge in [0.1, 0.15) is 0 Å². The third-order valence-corrected chi connectivity index (χ3v) is 16.0. The standard InChI is InChI=1S/C72H48N2/c1-45-35-66-67(72(56-26-24-48-16-6-8-18-51(48)37-56)61-22-12-11-21-60(61)71(66)55-25-23-47-15-5-7-17-50(47)36-55)43-62(45)58-39-57-38-52-19-9-10-20-53(52)40-64(57)63(42-58)54-29-32-69-65(41-54)68-44-73-34-33-70(68)74(69)59-30-27-49(28-31-59)46-13-3-2-4-14-46/h2-6,8-16,18-44H,7,17H2,1H3. The van der Waals surface area contributed by atoms with E-state index in [1.807, 2.05) is 12.4 Å². The van der Waals surface area contributed by atoms with E-state index in [4.69, 9.17) is 0 Å². The summed E-state index contributed by atoms with van der Waals surface area (Å²) in [4.78, 5) is 4.69. The fraction of sp³-hybridized carbons (Fsp3) is 0.0417. The molecule has 2 heterocycles. The van der Waals surface area contributed by atoms with Crippen LogP contribution < -0.4 is 0 Å². The van der Waals surface area contributed by atoms with Crippen LogP contribution in [0.1, 0.15) is 23.1 Å². The molecule has 0 saturated heterocycles. The number of rotatable bonds is 6. The van der Waals surface area contributed by atoms with Crippen LogP contribution in [0.5, 0.6) is 0 Å². The quantitative estimate of drug-likeness (QED) is 0.152. The number of aryl methyl sites for hydroxylation is 2.